The minimum absolute atomic E-state index is 0.312. The summed E-state index contributed by atoms with van der Waals surface area (Å²) in [6, 6.07) is 6.99. The van der Waals surface area contributed by atoms with E-state index in [9.17, 15) is 9.59 Å². The lowest BCUT2D eigenvalue weighted by molar-refractivity contribution is 0.0211. The fourth-order valence-corrected chi connectivity index (χ4v) is 2.01. The summed E-state index contributed by atoms with van der Waals surface area (Å²) in [5, 5.41) is 0. The van der Waals surface area contributed by atoms with Crippen LogP contribution in [0.15, 0.2) is 24.3 Å². The largest absolute Gasteiger partial charge is 0.444 e. The van der Waals surface area contributed by atoms with Crippen LogP contribution >= 0.6 is 0 Å². The maximum Gasteiger partial charge on any atom is 0.410 e. The highest BCUT2D eigenvalue weighted by Crippen LogP contribution is 2.15. The van der Waals surface area contributed by atoms with Gasteiger partial charge in [0.1, 0.15) is 5.60 Å². The number of nitrogens with zero attached hydrogens (tertiary/aromatic N) is 1. The minimum Gasteiger partial charge on any atom is -0.444 e. The monoisotopic (exact) mass is 306 g/mol. The van der Waals surface area contributed by atoms with E-state index in [0.29, 0.717) is 24.6 Å². The van der Waals surface area contributed by atoms with E-state index in [0.717, 1.165) is 5.56 Å². The van der Waals surface area contributed by atoms with Gasteiger partial charge in [-0.05, 0) is 44.4 Å². The third-order valence-electron chi connectivity index (χ3n) is 2.82. The lowest BCUT2D eigenvalue weighted by atomic mass is 10.1. The maximum atomic E-state index is 12.3. The zero-order chi connectivity index (χ0) is 16.9. The molecule has 0 unspecified atom stereocenters. The molecule has 0 spiro atoms. The predicted molar refractivity (Wildman–Crippen MR) is 86.4 cm³/mol. The van der Waals surface area contributed by atoms with Crippen LogP contribution in [-0.2, 0) is 11.3 Å². The van der Waals surface area contributed by atoms with E-state index < -0.39 is 11.5 Å². The van der Waals surface area contributed by atoms with Crippen molar-refractivity contribution in [3.8, 4) is 0 Å². The number of hydrogen-bond donors (Lipinski definition) is 1. The van der Waals surface area contributed by atoms with Crippen LogP contribution < -0.4 is 5.73 Å². The van der Waals surface area contributed by atoms with Gasteiger partial charge in [0.25, 0.3) is 0 Å². The van der Waals surface area contributed by atoms with Crippen LogP contribution in [0, 0.1) is 5.92 Å². The van der Waals surface area contributed by atoms with Crippen molar-refractivity contribution in [2.75, 3.05) is 6.54 Å². The Balaban J connectivity index is 2.91. The van der Waals surface area contributed by atoms with Gasteiger partial charge in [-0.1, -0.05) is 26.0 Å². The molecule has 0 saturated carbocycles. The molecule has 1 rings (SSSR count). The smallest absolute Gasteiger partial charge is 0.410 e. The van der Waals surface area contributed by atoms with Crippen molar-refractivity contribution in [1.82, 2.24) is 4.90 Å². The van der Waals surface area contributed by atoms with Crippen molar-refractivity contribution >= 4 is 12.0 Å². The van der Waals surface area contributed by atoms with E-state index in [1.54, 1.807) is 23.1 Å². The number of carbonyl (C=O) groups excluding carboxylic acids is 2. The topological polar surface area (TPSA) is 72.6 Å². The molecule has 2 amide bonds. The van der Waals surface area contributed by atoms with Gasteiger partial charge in [0.05, 0.1) is 0 Å². The molecule has 122 valence electrons. The van der Waals surface area contributed by atoms with Crippen molar-refractivity contribution in [3.05, 3.63) is 35.4 Å². The Labute approximate surface area is 132 Å². The molecule has 22 heavy (non-hydrogen) atoms. The molecule has 5 nitrogen and oxygen atoms in total. The van der Waals surface area contributed by atoms with Crippen LogP contribution in [0.25, 0.3) is 0 Å². The van der Waals surface area contributed by atoms with Gasteiger partial charge in [0.2, 0.25) is 5.91 Å². The summed E-state index contributed by atoms with van der Waals surface area (Å²) in [4.78, 5) is 25.2. The molecule has 1 aromatic rings. The Bertz CT molecular complexity index is 533. The van der Waals surface area contributed by atoms with Crippen molar-refractivity contribution in [1.29, 1.82) is 0 Å². The van der Waals surface area contributed by atoms with Crippen molar-refractivity contribution in [3.63, 3.8) is 0 Å². The third kappa shape index (κ3) is 6.16. The normalized spacial score (nSPS) is 11.4. The SMILES string of the molecule is CC(C)CN(Cc1cccc(C(N)=O)c1)C(=O)OC(C)(C)C. The second-order valence-electron chi connectivity index (χ2n) is 6.82. The van der Waals surface area contributed by atoms with Gasteiger partial charge in [-0.2, -0.15) is 0 Å². The number of rotatable bonds is 5. The van der Waals surface area contributed by atoms with Crippen molar-refractivity contribution in [2.24, 2.45) is 11.7 Å². The molecule has 0 atom stereocenters. The lowest BCUT2D eigenvalue weighted by Crippen LogP contribution is -2.38. The molecule has 1 aromatic carbocycles. The van der Waals surface area contributed by atoms with E-state index in [1.165, 1.54) is 0 Å². The first-order valence-electron chi connectivity index (χ1n) is 7.45. The van der Waals surface area contributed by atoms with E-state index in [-0.39, 0.29) is 6.09 Å². The summed E-state index contributed by atoms with van der Waals surface area (Å²) in [5.74, 6) is -0.165. The van der Waals surface area contributed by atoms with E-state index in [2.05, 4.69) is 0 Å². The highest BCUT2D eigenvalue weighted by molar-refractivity contribution is 5.92. The highest BCUT2D eigenvalue weighted by atomic mass is 16.6. The first kappa shape index (κ1) is 18.0. The summed E-state index contributed by atoms with van der Waals surface area (Å²) >= 11 is 0. The average molecular weight is 306 g/mol. The van der Waals surface area contributed by atoms with Crippen LogP contribution in [-0.4, -0.2) is 29.0 Å². The number of hydrogen-bond acceptors (Lipinski definition) is 3. The standard InChI is InChI=1S/C17H26N2O3/c1-12(2)10-19(16(21)22-17(3,4)5)11-13-7-6-8-14(9-13)15(18)20/h6-9,12H,10-11H2,1-5H3,(H2,18,20). The van der Waals surface area contributed by atoms with Crippen LogP contribution in [0.4, 0.5) is 4.79 Å². The number of carbonyl (C=O) groups is 2. The Morgan fingerprint density at radius 2 is 1.91 bits per heavy atom. The zero-order valence-corrected chi connectivity index (χ0v) is 14.1. The van der Waals surface area contributed by atoms with Gasteiger partial charge in [-0.3, -0.25) is 4.79 Å². The maximum absolute atomic E-state index is 12.3. The quantitative estimate of drug-likeness (QED) is 0.908. The van der Waals surface area contributed by atoms with Gasteiger partial charge < -0.3 is 15.4 Å². The predicted octanol–water partition coefficient (Wildman–Crippen LogP) is 3.18. The second-order valence-corrected chi connectivity index (χ2v) is 6.82. The lowest BCUT2D eigenvalue weighted by Gasteiger charge is -2.28. The Morgan fingerprint density at radius 1 is 1.27 bits per heavy atom. The number of benzene rings is 1. The fourth-order valence-electron chi connectivity index (χ4n) is 2.01. The molecule has 0 fully saturated rings. The van der Waals surface area contributed by atoms with Crippen molar-refractivity contribution < 1.29 is 14.3 Å². The van der Waals surface area contributed by atoms with E-state index in [4.69, 9.17) is 10.5 Å². The summed E-state index contributed by atoms with van der Waals surface area (Å²) < 4.78 is 5.45. The number of amides is 2. The molecule has 0 aromatic heterocycles. The molecule has 5 heteroatoms. The van der Waals surface area contributed by atoms with Gasteiger partial charge in [-0.15, -0.1) is 0 Å². The molecule has 0 bridgehead atoms. The Hall–Kier alpha value is -2.04. The first-order chi connectivity index (χ1) is 10.1. The highest BCUT2D eigenvalue weighted by Gasteiger charge is 2.23. The molecular weight excluding hydrogens is 280 g/mol. The Morgan fingerprint density at radius 3 is 2.41 bits per heavy atom. The molecule has 2 N–H and O–H groups in total. The third-order valence-corrected chi connectivity index (χ3v) is 2.82. The van der Waals surface area contributed by atoms with Gasteiger partial charge in [-0.25, -0.2) is 4.79 Å². The van der Waals surface area contributed by atoms with E-state index in [1.807, 2.05) is 40.7 Å². The molecule has 0 radical (unpaired) electrons. The number of nitrogens with two attached hydrogens (primary N) is 1. The van der Waals surface area contributed by atoms with Crippen LogP contribution in [0.1, 0.15) is 50.5 Å². The Kier molecular flexibility index (Phi) is 5.97. The van der Waals surface area contributed by atoms with Gasteiger partial charge in [0.15, 0.2) is 0 Å². The summed E-state index contributed by atoms with van der Waals surface area (Å²) in [6.45, 7) is 10.6. The minimum atomic E-state index is -0.540. The van der Waals surface area contributed by atoms with E-state index >= 15 is 0 Å². The average Bonchev–Trinajstić information content (AvgIpc) is 2.35. The molecule has 0 aliphatic heterocycles. The molecule has 0 aliphatic rings. The van der Waals surface area contributed by atoms with Gasteiger partial charge in [0, 0.05) is 18.7 Å². The number of primary amides is 1. The van der Waals surface area contributed by atoms with Crippen molar-refractivity contribution in [2.45, 2.75) is 46.8 Å². The molecule has 0 heterocycles. The molecular formula is C17H26N2O3. The summed E-state index contributed by atoms with van der Waals surface area (Å²) in [5.41, 5.74) is 6.04. The molecule has 0 aliphatic carbocycles. The van der Waals surface area contributed by atoms with Crippen LogP contribution in [0.5, 0.6) is 0 Å². The summed E-state index contributed by atoms with van der Waals surface area (Å²) in [6.07, 6.45) is -0.356. The van der Waals surface area contributed by atoms with Gasteiger partial charge >= 0.3 is 6.09 Å². The first-order valence-corrected chi connectivity index (χ1v) is 7.45. The summed E-state index contributed by atoms with van der Waals surface area (Å²) in [7, 11) is 0. The molecule has 0 saturated heterocycles. The fraction of sp³-hybridized carbons (Fsp3) is 0.529. The zero-order valence-electron chi connectivity index (χ0n) is 14.1. The number of ether oxygens (including phenoxy) is 1. The van der Waals surface area contributed by atoms with Crippen LogP contribution in [0.3, 0.4) is 0 Å². The van der Waals surface area contributed by atoms with Crippen LogP contribution in [0.2, 0.25) is 0 Å². The second kappa shape index (κ2) is 7.29.